The van der Waals surface area contributed by atoms with Crippen LogP contribution in [0.1, 0.15) is 54.0 Å². The molecule has 0 aliphatic carbocycles. The summed E-state index contributed by atoms with van der Waals surface area (Å²) in [7, 11) is 0. The third-order valence-electron chi connectivity index (χ3n) is 9.63. The maximum Gasteiger partial charge on any atom is 0.407 e. The predicted molar refractivity (Wildman–Crippen MR) is 183 cm³/mol. The van der Waals surface area contributed by atoms with Gasteiger partial charge in [-0.25, -0.2) is 23.2 Å². The average molecular weight is 685 g/mol. The third kappa shape index (κ3) is 6.38. The van der Waals surface area contributed by atoms with E-state index in [9.17, 15) is 23.5 Å². The zero-order valence-corrected chi connectivity index (χ0v) is 27.9. The molecule has 1 unspecified atom stereocenters. The number of carboxylic acid groups (broad SMARTS) is 1. The van der Waals surface area contributed by atoms with Crippen molar-refractivity contribution >= 4 is 28.6 Å². The average Bonchev–Trinajstić information content (AvgIpc) is 3.76. The van der Waals surface area contributed by atoms with Crippen LogP contribution in [0.15, 0.2) is 55.0 Å². The molecular formula is C36H38F2N8O4. The number of hydrogen-bond acceptors (Lipinski definition) is 7. The first-order valence-electron chi connectivity index (χ1n) is 16.8. The number of carbonyl (C=O) groups excluding carboxylic acids is 1. The van der Waals surface area contributed by atoms with E-state index in [4.69, 9.17) is 9.84 Å². The molecule has 0 bridgehead atoms. The third-order valence-corrected chi connectivity index (χ3v) is 9.63. The van der Waals surface area contributed by atoms with Crippen molar-refractivity contribution in [3.63, 3.8) is 0 Å². The fraction of sp³-hybridized carbons (Fsp3) is 0.361. The van der Waals surface area contributed by atoms with Crippen LogP contribution in [0.4, 0.5) is 19.3 Å². The number of nitrogens with one attached hydrogen (secondary N) is 1. The second kappa shape index (κ2) is 13.9. The normalized spacial score (nSPS) is 16.6. The molecule has 2 amide bonds. The number of halogens is 2. The molecule has 260 valence electrons. The topological polar surface area (TPSA) is 133 Å². The molecule has 50 heavy (non-hydrogen) atoms. The van der Waals surface area contributed by atoms with Crippen LogP contribution in [0, 0.1) is 18.6 Å². The molecule has 2 aliphatic heterocycles. The van der Waals surface area contributed by atoms with E-state index in [1.165, 1.54) is 23.2 Å². The van der Waals surface area contributed by atoms with Crippen molar-refractivity contribution in [3.05, 3.63) is 83.4 Å². The number of ether oxygens (including phenoxy) is 1. The fourth-order valence-electron chi connectivity index (χ4n) is 6.77. The minimum Gasteiger partial charge on any atom is -0.465 e. The smallest absolute Gasteiger partial charge is 0.407 e. The van der Waals surface area contributed by atoms with E-state index in [1.807, 2.05) is 29.8 Å². The Balaban J connectivity index is 1.19. The first kappa shape index (κ1) is 33.1. The largest absolute Gasteiger partial charge is 0.465 e. The molecular weight excluding hydrogens is 646 g/mol. The van der Waals surface area contributed by atoms with Gasteiger partial charge in [0.25, 0.3) is 5.91 Å². The molecule has 5 heterocycles. The highest BCUT2D eigenvalue weighted by Gasteiger charge is 2.27. The highest BCUT2D eigenvalue weighted by molar-refractivity contribution is 5.97. The number of anilines is 1. The Morgan fingerprint density at radius 3 is 2.60 bits per heavy atom. The number of rotatable bonds is 8. The Hall–Kier alpha value is -5.37. The number of aromatic nitrogens is 5. The molecule has 5 aromatic rings. The molecule has 2 fully saturated rings. The van der Waals surface area contributed by atoms with Crippen LogP contribution in [0.25, 0.3) is 33.5 Å². The van der Waals surface area contributed by atoms with Crippen molar-refractivity contribution in [1.82, 2.24) is 34.5 Å². The summed E-state index contributed by atoms with van der Waals surface area (Å²) in [6, 6.07) is 9.55. The van der Waals surface area contributed by atoms with Crippen molar-refractivity contribution < 1.29 is 28.2 Å². The van der Waals surface area contributed by atoms with Gasteiger partial charge in [-0.05, 0) is 74.1 Å². The molecule has 2 aromatic carbocycles. The minimum atomic E-state index is -0.986. The number of hydrogen-bond donors (Lipinski definition) is 2. The Kier molecular flexibility index (Phi) is 9.19. The first-order chi connectivity index (χ1) is 24.2. The van der Waals surface area contributed by atoms with E-state index in [1.54, 1.807) is 29.1 Å². The van der Waals surface area contributed by atoms with Crippen LogP contribution >= 0.6 is 0 Å². The lowest BCUT2D eigenvalue weighted by Crippen LogP contribution is -2.49. The number of carbonyl (C=O) groups is 2. The molecule has 0 saturated carbocycles. The van der Waals surface area contributed by atoms with Gasteiger partial charge in [0.2, 0.25) is 0 Å². The van der Waals surface area contributed by atoms with Gasteiger partial charge in [0.15, 0.2) is 12.1 Å². The highest BCUT2D eigenvalue weighted by atomic mass is 19.1. The lowest BCUT2D eigenvalue weighted by atomic mass is 9.97. The lowest BCUT2D eigenvalue weighted by Gasteiger charge is -2.36. The van der Waals surface area contributed by atoms with Crippen molar-refractivity contribution in [2.45, 2.75) is 45.9 Å². The second-order valence-electron chi connectivity index (χ2n) is 12.6. The van der Waals surface area contributed by atoms with Gasteiger partial charge in [-0.2, -0.15) is 5.10 Å². The quantitative estimate of drug-likeness (QED) is 0.197. The predicted octanol–water partition coefficient (Wildman–Crippen LogP) is 6.24. The minimum absolute atomic E-state index is 0.227. The van der Waals surface area contributed by atoms with Crippen LogP contribution in [0.3, 0.4) is 0 Å². The lowest BCUT2D eigenvalue weighted by molar-refractivity contribution is -0.0365. The van der Waals surface area contributed by atoms with Gasteiger partial charge in [-0.1, -0.05) is 6.07 Å². The number of piperazine rings is 1. The van der Waals surface area contributed by atoms with Gasteiger partial charge >= 0.3 is 6.09 Å². The molecule has 2 N–H and O–H groups in total. The summed E-state index contributed by atoms with van der Waals surface area (Å²) < 4.78 is 35.8. The maximum atomic E-state index is 14.4. The van der Waals surface area contributed by atoms with E-state index >= 15 is 0 Å². The fourth-order valence-corrected chi connectivity index (χ4v) is 6.77. The van der Waals surface area contributed by atoms with E-state index in [0.717, 1.165) is 58.5 Å². The van der Waals surface area contributed by atoms with E-state index in [2.05, 4.69) is 15.0 Å². The van der Waals surface area contributed by atoms with Gasteiger partial charge in [0.05, 0.1) is 23.9 Å². The Morgan fingerprint density at radius 1 is 1.06 bits per heavy atom. The molecule has 2 aliphatic rings. The summed E-state index contributed by atoms with van der Waals surface area (Å²) in [6.07, 6.45) is 6.58. The Labute approximate surface area is 287 Å². The maximum absolute atomic E-state index is 14.4. The Morgan fingerprint density at radius 2 is 1.88 bits per heavy atom. The second-order valence-corrected chi connectivity index (χ2v) is 12.6. The molecule has 12 nitrogen and oxygen atoms in total. The molecule has 3 aromatic heterocycles. The first-order valence-corrected chi connectivity index (χ1v) is 16.8. The van der Waals surface area contributed by atoms with E-state index in [0.29, 0.717) is 62.2 Å². The summed E-state index contributed by atoms with van der Waals surface area (Å²) in [4.78, 5) is 42.4. The van der Waals surface area contributed by atoms with Crippen molar-refractivity contribution in [1.29, 1.82) is 0 Å². The zero-order chi connectivity index (χ0) is 34.9. The van der Waals surface area contributed by atoms with Gasteiger partial charge in [-0.3, -0.25) is 9.78 Å². The number of pyridine rings is 1. The molecule has 0 spiro atoms. The van der Waals surface area contributed by atoms with Gasteiger partial charge in [0, 0.05) is 68.7 Å². The van der Waals surface area contributed by atoms with Crippen molar-refractivity contribution in [3.8, 4) is 22.6 Å². The monoisotopic (exact) mass is 684 g/mol. The van der Waals surface area contributed by atoms with Gasteiger partial charge in [-0.15, -0.1) is 0 Å². The molecule has 2 saturated heterocycles. The molecule has 7 rings (SSSR count). The van der Waals surface area contributed by atoms with E-state index < -0.39 is 17.7 Å². The number of benzene rings is 2. The van der Waals surface area contributed by atoms with Crippen LogP contribution in [-0.4, -0.2) is 91.0 Å². The van der Waals surface area contributed by atoms with Crippen LogP contribution in [0.5, 0.6) is 0 Å². The van der Waals surface area contributed by atoms with Gasteiger partial charge < -0.3 is 29.5 Å². The van der Waals surface area contributed by atoms with Crippen LogP contribution in [0.2, 0.25) is 0 Å². The summed E-state index contributed by atoms with van der Waals surface area (Å²) in [6.45, 7) is 6.51. The number of imidazole rings is 1. The zero-order valence-electron chi connectivity index (χ0n) is 27.9. The summed E-state index contributed by atoms with van der Waals surface area (Å²) in [5.74, 6) is -1.06. The number of nitrogens with zero attached hydrogens (tertiary/aromatic N) is 7. The summed E-state index contributed by atoms with van der Waals surface area (Å²) >= 11 is 0. The van der Waals surface area contributed by atoms with Crippen LogP contribution < -0.4 is 4.90 Å². The molecule has 14 heteroatoms. The summed E-state index contributed by atoms with van der Waals surface area (Å²) in [5.41, 5.74) is 5.53. The van der Waals surface area contributed by atoms with Gasteiger partial charge in [0.1, 0.15) is 23.0 Å². The number of fused-ring (bicyclic) bond motifs is 1. The number of aromatic amines is 1. The van der Waals surface area contributed by atoms with Crippen LogP contribution in [-0.2, 0) is 11.3 Å². The van der Waals surface area contributed by atoms with Crippen molar-refractivity contribution in [2.75, 3.05) is 44.2 Å². The standard InChI is InChI=1S/C36H38F2N8O4/c1-3-43(36(48)49)21-24-18-39-19-27(22(24)2)23-7-9-30-26(16-23)33(42-46(30)32-6-4-5-15-50-32)34-40-20-29(41-34)35(47)45-13-11-44(12-14-45)31-10-8-25(37)17-28(31)38/h7-10,16-20,32H,3-6,11-15,21H2,1-2H3,(H,40,41)(H,48,49). The highest BCUT2D eigenvalue weighted by Crippen LogP contribution is 2.36. The number of H-pyrrole nitrogens is 1. The SMILES string of the molecule is CCN(Cc1cncc(-c2ccc3c(c2)c(-c2ncc(C(=O)N4CCN(c5ccc(F)cc5F)CC4)[nH]2)nn3C2CCCCO2)c1C)C(=O)O. The molecule has 0 radical (unpaired) electrons. The number of amides is 2. The van der Waals surface area contributed by atoms with Crippen molar-refractivity contribution in [2.24, 2.45) is 0 Å². The molecule has 1 atom stereocenters. The van der Waals surface area contributed by atoms with E-state index in [-0.39, 0.29) is 18.7 Å². The summed E-state index contributed by atoms with van der Waals surface area (Å²) in [5, 5.41) is 15.4. The Bertz CT molecular complexity index is 2050.